The van der Waals surface area contributed by atoms with Crippen LogP contribution in [0.5, 0.6) is 0 Å². The molecule has 1 aromatic heterocycles. The van der Waals surface area contributed by atoms with Crippen molar-refractivity contribution in [3.05, 3.63) is 64.7 Å². The van der Waals surface area contributed by atoms with Gasteiger partial charge in [0.1, 0.15) is 11.6 Å². The van der Waals surface area contributed by atoms with Crippen LogP contribution in [0.1, 0.15) is 37.2 Å². The van der Waals surface area contributed by atoms with Crippen LogP contribution in [-0.4, -0.2) is 27.4 Å². The number of carbonyl (C=O) groups is 1. The van der Waals surface area contributed by atoms with E-state index in [1.54, 1.807) is 24.1 Å². The molecule has 0 aliphatic heterocycles. The Kier molecular flexibility index (Phi) is 5.80. The Labute approximate surface area is 163 Å². The van der Waals surface area contributed by atoms with Gasteiger partial charge in [0.15, 0.2) is 0 Å². The van der Waals surface area contributed by atoms with Gasteiger partial charge in [-0.05, 0) is 42.3 Å². The van der Waals surface area contributed by atoms with Crippen molar-refractivity contribution in [2.45, 2.75) is 32.2 Å². The van der Waals surface area contributed by atoms with Gasteiger partial charge in [-0.15, -0.1) is 0 Å². The van der Waals surface area contributed by atoms with E-state index < -0.39 is 0 Å². The van der Waals surface area contributed by atoms with Crippen molar-refractivity contribution in [2.24, 2.45) is 7.05 Å². The lowest BCUT2D eigenvalue weighted by Gasteiger charge is -2.28. The minimum atomic E-state index is -0.274. The zero-order chi connectivity index (χ0) is 19.6. The molecule has 0 radical (unpaired) electrons. The smallest absolute Gasteiger partial charge is 0.223 e. The highest BCUT2D eigenvalue weighted by molar-refractivity contribution is 6.31. The second-order valence-corrected chi connectivity index (χ2v) is 7.14. The molecule has 0 unspecified atom stereocenters. The second-order valence-electron chi connectivity index (χ2n) is 6.70. The molecule has 0 aliphatic rings. The summed E-state index contributed by atoms with van der Waals surface area (Å²) in [6.07, 6.45) is 1.67. The topological polar surface area (TPSA) is 38.1 Å². The van der Waals surface area contributed by atoms with Crippen LogP contribution in [0.15, 0.2) is 42.5 Å². The summed E-state index contributed by atoms with van der Waals surface area (Å²) in [5, 5.41) is 0.646. The molecule has 0 fully saturated rings. The first-order valence-corrected chi connectivity index (χ1v) is 9.40. The van der Waals surface area contributed by atoms with Crippen molar-refractivity contribution in [3.63, 3.8) is 0 Å². The van der Waals surface area contributed by atoms with Crippen molar-refractivity contribution in [3.8, 4) is 0 Å². The normalized spacial score (nSPS) is 12.3. The Morgan fingerprint density at radius 2 is 1.96 bits per heavy atom. The van der Waals surface area contributed by atoms with Gasteiger partial charge in [-0.1, -0.05) is 30.7 Å². The molecule has 2 aromatic carbocycles. The van der Waals surface area contributed by atoms with Crippen LogP contribution in [0.25, 0.3) is 11.0 Å². The Morgan fingerprint density at radius 3 is 2.63 bits per heavy atom. The van der Waals surface area contributed by atoms with Crippen LogP contribution in [0.4, 0.5) is 4.39 Å². The maximum atomic E-state index is 13.2. The monoisotopic (exact) mass is 387 g/mol. The van der Waals surface area contributed by atoms with Gasteiger partial charge in [0.25, 0.3) is 0 Å². The lowest BCUT2D eigenvalue weighted by molar-refractivity contribution is -0.132. The third-order valence-corrected chi connectivity index (χ3v) is 5.24. The van der Waals surface area contributed by atoms with E-state index in [-0.39, 0.29) is 17.8 Å². The first-order valence-electron chi connectivity index (χ1n) is 9.02. The van der Waals surface area contributed by atoms with Crippen molar-refractivity contribution >= 4 is 28.5 Å². The van der Waals surface area contributed by atoms with Gasteiger partial charge >= 0.3 is 0 Å². The summed E-state index contributed by atoms with van der Waals surface area (Å²) in [6, 6.07) is 11.9. The maximum Gasteiger partial charge on any atom is 0.223 e. The SMILES string of the molecule is CC[C@H](c1ccc(F)cc1)N(C)C(=O)CCc1nc2cc(Cl)ccc2n1C. The highest BCUT2D eigenvalue weighted by Crippen LogP contribution is 2.25. The van der Waals surface area contributed by atoms with Crippen molar-refractivity contribution in [1.29, 1.82) is 0 Å². The van der Waals surface area contributed by atoms with Gasteiger partial charge in [-0.25, -0.2) is 9.37 Å². The number of hydrogen-bond acceptors (Lipinski definition) is 2. The zero-order valence-electron chi connectivity index (χ0n) is 15.7. The average Bonchev–Trinajstić information content (AvgIpc) is 2.96. The lowest BCUT2D eigenvalue weighted by atomic mass is 10.0. The van der Waals surface area contributed by atoms with E-state index in [4.69, 9.17) is 11.6 Å². The van der Waals surface area contributed by atoms with Crippen LogP contribution in [0, 0.1) is 5.82 Å². The van der Waals surface area contributed by atoms with E-state index in [2.05, 4.69) is 4.98 Å². The Balaban J connectivity index is 1.71. The summed E-state index contributed by atoms with van der Waals surface area (Å²) in [6.45, 7) is 2.02. The number of amides is 1. The van der Waals surface area contributed by atoms with Gasteiger partial charge in [0.05, 0.1) is 17.1 Å². The van der Waals surface area contributed by atoms with Crippen molar-refractivity contribution in [2.75, 3.05) is 7.05 Å². The van der Waals surface area contributed by atoms with Gasteiger partial charge in [0.2, 0.25) is 5.91 Å². The Hall–Kier alpha value is -2.40. The molecule has 142 valence electrons. The largest absolute Gasteiger partial charge is 0.339 e. The van der Waals surface area contributed by atoms with E-state index in [0.29, 0.717) is 17.9 Å². The number of imidazole rings is 1. The average molecular weight is 388 g/mol. The zero-order valence-corrected chi connectivity index (χ0v) is 16.5. The fraction of sp³-hybridized carbons (Fsp3) is 0.333. The number of benzene rings is 2. The first-order chi connectivity index (χ1) is 12.9. The molecule has 1 amide bonds. The van der Waals surface area contributed by atoms with Crippen LogP contribution in [0.3, 0.4) is 0 Å². The van der Waals surface area contributed by atoms with E-state index in [0.717, 1.165) is 28.8 Å². The number of hydrogen-bond donors (Lipinski definition) is 0. The molecular formula is C21H23ClFN3O. The van der Waals surface area contributed by atoms with Gasteiger partial charge < -0.3 is 9.47 Å². The fourth-order valence-corrected chi connectivity index (χ4v) is 3.60. The van der Waals surface area contributed by atoms with Crippen LogP contribution >= 0.6 is 11.6 Å². The molecule has 0 aliphatic carbocycles. The first kappa shape index (κ1) is 19.4. The number of carbonyl (C=O) groups excluding carboxylic acids is 1. The van der Waals surface area contributed by atoms with Crippen LogP contribution in [0.2, 0.25) is 5.02 Å². The number of rotatable bonds is 6. The van der Waals surface area contributed by atoms with E-state index >= 15 is 0 Å². The minimum Gasteiger partial charge on any atom is -0.339 e. The molecular weight excluding hydrogens is 365 g/mol. The third kappa shape index (κ3) is 4.14. The maximum absolute atomic E-state index is 13.2. The van der Waals surface area contributed by atoms with Crippen LogP contribution in [-0.2, 0) is 18.3 Å². The summed E-state index contributed by atoms with van der Waals surface area (Å²) < 4.78 is 15.2. The van der Waals surface area contributed by atoms with Crippen molar-refractivity contribution in [1.82, 2.24) is 14.5 Å². The lowest BCUT2D eigenvalue weighted by Crippen LogP contribution is -2.31. The summed E-state index contributed by atoms with van der Waals surface area (Å²) in [5.41, 5.74) is 2.76. The van der Waals surface area contributed by atoms with E-state index in [1.165, 1.54) is 12.1 Å². The Morgan fingerprint density at radius 1 is 1.26 bits per heavy atom. The van der Waals surface area contributed by atoms with E-state index in [9.17, 15) is 9.18 Å². The molecule has 3 rings (SSSR count). The molecule has 0 saturated heterocycles. The van der Waals surface area contributed by atoms with Crippen LogP contribution < -0.4 is 0 Å². The summed E-state index contributed by atoms with van der Waals surface area (Å²) >= 11 is 6.03. The number of halogens is 2. The predicted molar refractivity (Wildman–Crippen MR) is 106 cm³/mol. The molecule has 27 heavy (non-hydrogen) atoms. The Bertz CT molecular complexity index is 952. The molecule has 1 heterocycles. The number of nitrogens with zero attached hydrogens (tertiary/aromatic N) is 3. The predicted octanol–water partition coefficient (Wildman–Crippen LogP) is 4.91. The van der Waals surface area contributed by atoms with E-state index in [1.807, 2.05) is 36.7 Å². The standard InChI is InChI=1S/C21H23ClFN3O/c1-4-18(14-5-8-16(23)9-6-14)26(3)21(27)12-11-20-24-17-13-15(22)7-10-19(17)25(20)2/h5-10,13,18H,4,11-12H2,1-3H3/t18-/m1/s1. The molecule has 3 aromatic rings. The minimum absolute atomic E-state index is 0.0382. The molecule has 1 atom stereocenters. The molecule has 6 heteroatoms. The number of aromatic nitrogens is 2. The molecule has 0 N–H and O–H groups in total. The summed E-state index contributed by atoms with van der Waals surface area (Å²) in [7, 11) is 3.74. The molecule has 0 saturated carbocycles. The number of aryl methyl sites for hydroxylation is 2. The quantitative estimate of drug-likeness (QED) is 0.602. The third-order valence-electron chi connectivity index (χ3n) is 5.00. The van der Waals surface area contributed by atoms with Gasteiger partial charge in [0, 0.05) is 32.0 Å². The second kappa shape index (κ2) is 8.09. The fourth-order valence-electron chi connectivity index (χ4n) is 3.43. The number of fused-ring (bicyclic) bond motifs is 1. The highest BCUT2D eigenvalue weighted by Gasteiger charge is 2.21. The summed E-state index contributed by atoms with van der Waals surface area (Å²) in [5.74, 6) is 0.615. The molecule has 0 spiro atoms. The van der Waals surface area contributed by atoms with Gasteiger partial charge in [-0.2, -0.15) is 0 Å². The van der Waals surface area contributed by atoms with Gasteiger partial charge in [-0.3, -0.25) is 4.79 Å². The summed E-state index contributed by atoms with van der Waals surface area (Å²) in [4.78, 5) is 19.1. The molecule has 4 nitrogen and oxygen atoms in total. The molecule has 0 bridgehead atoms. The van der Waals surface area contributed by atoms with Crippen molar-refractivity contribution < 1.29 is 9.18 Å². The highest BCUT2D eigenvalue weighted by atomic mass is 35.5.